The van der Waals surface area contributed by atoms with Crippen LogP contribution in [0.5, 0.6) is 0 Å². The fourth-order valence-electron chi connectivity index (χ4n) is 5.45. The Morgan fingerprint density at radius 3 is 2.45 bits per heavy atom. The van der Waals surface area contributed by atoms with Crippen LogP contribution in [0, 0.1) is 5.92 Å². The van der Waals surface area contributed by atoms with Gasteiger partial charge in [0.25, 0.3) is 0 Å². The summed E-state index contributed by atoms with van der Waals surface area (Å²) in [6.07, 6.45) is 2.46. The Bertz CT molecular complexity index is 1480. The Morgan fingerprint density at radius 1 is 1.05 bits per heavy atom. The number of methoxy groups -OCH3 is 1. The highest BCUT2D eigenvalue weighted by atomic mass is 16.5. The van der Waals surface area contributed by atoms with Crippen molar-refractivity contribution in [3.63, 3.8) is 0 Å². The summed E-state index contributed by atoms with van der Waals surface area (Å²) < 4.78 is 6.06. The number of hydrogen-bond donors (Lipinski definition) is 3. The van der Waals surface area contributed by atoms with Crippen LogP contribution in [0.3, 0.4) is 0 Å². The number of fused-ring (bicyclic) bond motifs is 1. The average Bonchev–Trinajstić information content (AvgIpc) is 3.51. The minimum Gasteiger partial charge on any atom is -0.453 e. The molecule has 1 aliphatic heterocycles. The van der Waals surface area contributed by atoms with Gasteiger partial charge in [0.15, 0.2) is 11.5 Å². The van der Waals surface area contributed by atoms with Gasteiger partial charge in [-0.25, -0.2) is 14.5 Å². The number of amides is 2. The maximum absolute atomic E-state index is 13.1. The number of nitrogens with zero attached hydrogens (tertiary/aromatic N) is 3. The Kier molecular flexibility index (Phi) is 6.77. The molecular weight excluding hydrogens is 480 g/mol. The number of ether oxygens (including phenoxy) is 1. The van der Waals surface area contributed by atoms with Crippen molar-refractivity contribution in [3.8, 4) is 22.4 Å². The normalized spacial score (nSPS) is 19.0. The third-order valence-corrected chi connectivity index (χ3v) is 7.55. The van der Waals surface area contributed by atoms with Gasteiger partial charge < -0.3 is 26.5 Å². The van der Waals surface area contributed by atoms with Crippen molar-refractivity contribution in [1.82, 2.24) is 19.9 Å². The van der Waals surface area contributed by atoms with Gasteiger partial charge in [0.2, 0.25) is 5.91 Å². The molecule has 1 fully saturated rings. The van der Waals surface area contributed by atoms with Crippen molar-refractivity contribution in [2.75, 3.05) is 26.0 Å². The van der Waals surface area contributed by atoms with E-state index in [-0.39, 0.29) is 18.4 Å². The molecule has 3 aromatic carbocycles. The molecule has 9 nitrogen and oxygen atoms in total. The van der Waals surface area contributed by atoms with Gasteiger partial charge in [0, 0.05) is 18.0 Å². The van der Waals surface area contributed by atoms with Crippen LogP contribution in [0.1, 0.15) is 25.6 Å². The third kappa shape index (κ3) is 4.35. The van der Waals surface area contributed by atoms with Gasteiger partial charge in [-0.3, -0.25) is 4.79 Å². The van der Waals surface area contributed by atoms with Crippen molar-refractivity contribution >= 4 is 22.8 Å². The van der Waals surface area contributed by atoms with E-state index in [0.29, 0.717) is 24.5 Å². The number of aromatic nitrogens is 2. The summed E-state index contributed by atoms with van der Waals surface area (Å²) in [5.41, 5.74) is 9.55. The van der Waals surface area contributed by atoms with Crippen LogP contribution in [-0.2, 0) is 15.2 Å². The Hall–Kier alpha value is -4.37. The number of alkyl carbamates (subject to hydrolysis) is 1. The van der Waals surface area contributed by atoms with Gasteiger partial charge in [0.1, 0.15) is 6.54 Å². The first-order chi connectivity index (χ1) is 18.4. The van der Waals surface area contributed by atoms with E-state index in [1.54, 1.807) is 11.1 Å². The molecule has 0 aliphatic carbocycles. The number of carbonyl (C=O) groups excluding carboxylic acids is 2. The molecule has 0 saturated carbocycles. The van der Waals surface area contributed by atoms with Gasteiger partial charge >= 0.3 is 6.09 Å². The van der Waals surface area contributed by atoms with Crippen LogP contribution in [0.25, 0.3) is 33.2 Å². The molecule has 1 aliphatic rings. The highest BCUT2D eigenvalue weighted by Gasteiger charge is 2.51. The molecule has 2 atom stereocenters. The predicted molar refractivity (Wildman–Crippen MR) is 147 cm³/mol. The van der Waals surface area contributed by atoms with Crippen LogP contribution in [0.2, 0.25) is 0 Å². The second-order valence-corrected chi connectivity index (χ2v) is 9.59. The third-order valence-electron chi connectivity index (χ3n) is 7.55. The van der Waals surface area contributed by atoms with Gasteiger partial charge in [-0.05, 0) is 40.8 Å². The first kappa shape index (κ1) is 25.3. The first-order valence-electron chi connectivity index (χ1n) is 12.7. The van der Waals surface area contributed by atoms with E-state index < -0.39 is 11.8 Å². The standard InChI is InChI=1S/C29H32N6O3/c1-3-24-14-15-34(26(36)18-33-28(37)38-2)29(24,30)27-32-17-25(35(27)31)21-11-8-20(9-12-21)23-13-10-19-6-4-5-7-22(19)16-23/h4-13,16-17,24H,3,14-15,18,30-31H2,1-2H3,(H,33,37)/t24-,29+/m1/s1. The second-order valence-electron chi connectivity index (χ2n) is 9.59. The highest BCUT2D eigenvalue weighted by Crippen LogP contribution is 2.41. The van der Waals surface area contributed by atoms with Crippen molar-refractivity contribution in [2.45, 2.75) is 25.4 Å². The molecule has 0 bridgehead atoms. The van der Waals surface area contributed by atoms with Crippen molar-refractivity contribution < 1.29 is 14.3 Å². The summed E-state index contributed by atoms with van der Waals surface area (Å²) in [6.45, 7) is 2.25. The van der Waals surface area contributed by atoms with E-state index in [0.717, 1.165) is 23.1 Å². The zero-order valence-electron chi connectivity index (χ0n) is 21.6. The molecule has 2 amide bonds. The predicted octanol–water partition coefficient (Wildman–Crippen LogP) is 3.81. The molecule has 1 aromatic heterocycles. The maximum Gasteiger partial charge on any atom is 0.407 e. The number of rotatable bonds is 6. The molecule has 9 heteroatoms. The fraction of sp³-hybridized carbons (Fsp3) is 0.276. The molecule has 38 heavy (non-hydrogen) atoms. The summed E-state index contributed by atoms with van der Waals surface area (Å²) in [6, 6.07) is 22.8. The molecule has 0 radical (unpaired) electrons. The number of benzene rings is 3. The molecule has 5 N–H and O–H groups in total. The van der Waals surface area contributed by atoms with Crippen molar-refractivity contribution in [1.29, 1.82) is 0 Å². The quantitative estimate of drug-likeness (QED) is 0.337. The number of carbonyl (C=O) groups is 2. The molecule has 0 unspecified atom stereocenters. The highest BCUT2D eigenvalue weighted by molar-refractivity contribution is 5.87. The zero-order chi connectivity index (χ0) is 26.9. The monoisotopic (exact) mass is 512 g/mol. The van der Waals surface area contributed by atoms with Crippen LogP contribution in [0.15, 0.2) is 72.9 Å². The number of nitrogens with two attached hydrogens (primary N) is 2. The fourth-order valence-corrected chi connectivity index (χ4v) is 5.45. The molecule has 5 rings (SSSR count). The number of likely N-dealkylation sites (tertiary alicyclic amines) is 1. The Balaban J connectivity index is 1.43. The summed E-state index contributed by atoms with van der Waals surface area (Å²) in [7, 11) is 1.25. The summed E-state index contributed by atoms with van der Waals surface area (Å²) in [5.74, 6) is 6.62. The smallest absolute Gasteiger partial charge is 0.407 e. The topological polar surface area (TPSA) is 128 Å². The molecule has 0 spiro atoms. The molecule has 196 valence electrons. The molecule has 4 aromatic rings. The summed E-state index contributed by atoms with van der Waals surface area (Å²) in [4.78, 5) is 30.7. The van der Waals surface area contributed by atoms with E-state index in [4.69, 9.17) is 11.6 Å². The minimum atomic E-state index is -1.21. The largest absolute Gasteiger partial charge is 0.453 e. The lowest BCUT2D eigenvalue weighted by molar-refractivity contribution is -0.136. The van der Waals surface area contributed by atoms with Crippen LogP contribution in [0.4, 0.5) is 4.79 Å². The van der Waals surface area contributed by atoms with E-state index in [1.807, 2.05) is 31.2 Å². The Labute approximate surface area is 221 Å². The van der Waals surface area contributed by atoms with Crippen LogP contribution < -0.4 is 16.9 Å². The lowest BCUT2D eigenvalue weighted by atomic mass is 9.90. The molecular formula is C29H32N6O3. The van der Waals surface area contributed by atoms with Crippen LogP contribution in [-0.4, -0.2) is 46.8 Å². The number of nitrogens with one attached hydrogen (secondary N) is 1. The number of hydrogen-bond acceptors (Lipinski definition) is 6. The van der Waals surface area contributed by atoms with Gasteiger partial charge in [-0.2, -0.15) is 0 Å². The number of nitrogen functional groups attached to an aromatic ring is 1. The van der Waals surface area contributed by atoms with Gasteiger partial charge in [-0.15, -0.1) is 0 Å². The minimum absolute atomic E-state index is 0.0441. The maximum atomic E-state index is 13.1. The van der Waals surface area contributed by atoms with Gasteiger partial charge in [0.05, 0.1) is 19.0 Å². The van der Waals surface area contributed by atoms with Crippen molar-refractivity contribution in [3.05, 3.63) is 78.8 Å². The lowest BCUT2D eigenvalue weighted by Gasteiger charge is -2.38. The average molecular weight is 513 g/mol. The Morgan fingerprint density at radius 2 is 1.74 bits per heavy atom. The van der Waals surface area contributed by atoms with E-state index in [9.17, 15) is 9.59 Å². The van der Waals surface area contributed by atoms with Crippen LogP contribution >= 0.6 is 0 Å². The first-order valence-corrected chi connectivity index (χ1v) is 12.7. The lowest BCUT2D eigenvalue weighted by Crippen LogP contribution is -2.58. The number of imidazole rings is 1. The zero-order valence-corrected chi connectivity index (χ0v) is 21.6. The summed E-state index contributed by atoms with van der Waals surface area (Å²) >= 11 is 0. The second kappa shape index (κ2) is 10.2. The SMILES string of the molecule is CC[C@@H]1CCN(C(=O)CNC(=O)OC)[C@]1(N)c1ncc(-c2ccc(-c3ccc4ccccc4c3)cc2)n1N. The van der Waals surface area contributed by atoms with E-state index in [2.05, 4.69) is 57.5 Å². The molecule has 1 saturated heterocycles. The van der Waals surface area contributed by atoms with Crippen molar-refractivity contribution in [2.24, 2.45) is 11.7 Å². The molecule has 2 heterocycles. The van der Waals surface area contributed by atoms with E-state index in [1.165, 1.54) is 22.6 Å². The summed E-state index contributed by atoms with van der Waals surface area (Å²) in [5, 5.41) is 4.83. The van der Waals surface area contributed by atoms with E-state index >= 15 is 0 Å². The van der Waals surface area contributed by atoms with Gasteiger partial charge in [-0.1, -0.05) is 67.6 Å².